The summed E-state index contributed by atoms with van der Waals surface area (Å²) in [6.45, 7) is -0.853. The molecule has 1 aromatic carbocycles. The highest BCUT2D eigenvalue weighted by atomic mass is 79.9. The van der Waals surface area contributed by atoms with Crippen LogP contribution in [0, 0.1) is 5.92 Å². The molecule has 0 radical (unpaired) electrons. The number of halogens is 4. The number of rotatable bonds is 5. The van der Waals surface area contributed by atoms with E-state index in [4.69, 9.17) is 4.74 Å². The molecule has 0 aromatic heterocycles. The first-order valence-electron chi connectivity index (χ1n) is 7.99. The molecule has 1 heterocycles. The largest absolute Gasteiger partial charge is 0.484 e. The predicted molar refractivity (Wildman–Crippen MR) is 91.1 cm³/mol. The van der Waals surface area contributed by atoms with E-state index < -0.39 is 30.5 Å². The Morgan fingerprint density at radius 3 is 2.35 bits per heavy atom. The first-order valence-corrected chi connectivity index (χ1v) is 8.78. The quantitative estimate of drug-likeness (QED) is 0.693. The van der Waals surface area contributed by atoms with Crippen LogP contribution in [0.25, 0.3) is 0 Å². The van der Waals surface area contributed by atoms with Crippen LogP contribution in [-0.4, -0.2) is 49.1 Å². The van der Waals surface area contributed by atoms with Gasteiger partial charge in [-0.05, 0) is 50.2 Å². The molecule has 2 rings (SSSR count). The molecule has 0 bridgehead atoms. The van der Waals surface area contributed by atoms with Crippen LogP contribution >= 0.6 is 15.9 Å². The van der Waals surface area contributed by atoms with E-state index >= 15 is 0 Å². The fourth-order valence-electron chi connectivity index (χ4n) is 2.56. The Balaban J connectivity index is 1.65. The van der Waals surface area contributed by atoms with Gasteiger partial charge in [0.2, 0.25) is 5.91 Å². The minimum Gasteiger partial charge on any atom is -0.484 e. The summed E-state index contributed by atoms with van der Waals surface area (Å²) in [6, 6.07) is 6.90. The van der Waals surface area contributed by atoms with Gasteiger partial charge in [-0.3, -0.25) is 25.3 Å². The molecule has 0 atom stereocenters. The SMILES string of the molecule is O=C(COc1ccc(Br)cc1)NNC(=O)C1CCN(CC(F)(F)F)CC1. The summed E-state index contributed by atoms with van der Waals surface area (Å²) in [5.74, 6) is -0.858. The van der Waals surface area contributed by atoms with E-state index in [-0.39, 0.29) is 19.7 Å². The Hall–Kier alpha value is -1.81. The van der Waals surface area contributed by atoms with Gasteiger partial charge in [-0.15, -0.1) is 0 Å². The number of piperidine rings is 1. The highest BCUT2D eigenvalue weighted by molar-refractivity contribution is 9.10. The van der Waals surface area contributed by atoms with Crippen molar-refractivity contribution in [1.29, 1.82) is 0 Å². The molecule has 1 aliphatic heterocycles. The number of amides is 2. The van der Waals surface area contributed by atoms with Crippen LogP contribution in [0.4, 0.5) is 13.2 Å². The van der Waals surface area contributed by atoms with Crippen molar-refractivity contribution in [2.24, 2.45) is 5.92 Å². The van der Waals surface area contributed by atoms with Crippen LogP contribution in [0.2, 0.25) is 0 Å². The van der Waals surface area contributed by atoms with E-state index in [2.05, 4.69) is 26.8 Å². The number of likely N-dealkylation sites (tertiary alicyclic amines) is 1. The number of benzene rings is 1. The molecule has 0 unspecified atom stereocenters. The minimum atomic E-state index is -4.24. The van der Waals surface area contributed by atoms with Crippen molar-refractivity contribution in [1.82, 2.24) is 15.8 Å². The van der Waals surface area contributed by atoms with Crippen molar-refractivity contribution in [2.75, 3.05) is 26.2 Å². The third-order valence-corrected chi connectivity index (χ3v) is 4.40. The van der Waals surface area contributed by atoms with Gasteiger partial charge in [0.1, 0.15) is 5.75 Å². The molecule has 2 N–H and O–H groups in total. The second-order valence-electron chi connectivity index (χ2n) is 5.95. The number of carbonyl (C=O) groups is 2. The van der Waals surface area contributed by atoms with Crippen molar-refractivity contribution in [2.45, 2.75) is 19.0 Å². The Morgan fingerprint density at radius 2 is 1.77 bits per heavy atom. The van der Waals surface area contributed by atoms with E-state index in [9.17, 15) is 22.8 Å². The molecular formula is C16H19BrF3N3O3. The average Bonchev–Trinajstić information content (AvgIpc) is 2.58. The van der Waals surface area contributed by atoms with Crippen molar-refractivity contribution in [3.05, 3.63) is 28.7 Å². The maximum atomic E-state index is 12.3. The predicted octanol–water partition coefficient (Wildman–Crippen LogP) is 2.25. The van der Waals surface area contributed by atoms with Gasteiger partial charge in [0.25, 0.3) is 5.91 Å². The van der Waals surface area contributed by atoms with Crippen molar-refractivity contribution < 1.29 is 27.5 Å². The Bertz CT molecular complexity index is 617. The summed E-state index contributed by atoms with van der Waals surface area (Å²) in [5, 5.41) is 0. The Morgan fingerprint density at radius 1 is 1.15 bits per heavy atom. The monoisotopic (exact) mass is 437 g/mol. The maximum absolute atomic E-state index is 12.3. The Kier molecular flexibility index (Phi) is 7.27. The molecule has 6 nitrogen and oxygen atoms in total. The zero-order valence-electron chi connectivity index (χ0n) is 13.8. The van der Waals surface area contributed by atoms with Crippen molar-refractivity contribution in [3.8, 4) is 5.75 Å². The first kappa shape index (κ1) is 20.5. The Labute approximate surface area is 157 Å². The topological polar surface area (TPSA) is 70.7 Å². The fourth-order valence-corrected chi connectivity index (χ4v) is 2.82. The molecule has 1 saturated heterocycles. The third kappa shape index (κ3) is 7.20. The molecule has 144 valence electrons. The molecule has 1 aliphatic rings. The van der Waals surface area contributed by atoms with Crippen LogP contribution in [0.1, 0.15) is 12.8 Å². The smallest absolute Gasteiger partial charge is 0.401 e. The van der Waals surface area contributed by atoms with Gasteiger partial charge in [-0.2, -0.15) is 13.2 Å². The summed E-state index contributed by atoms with van der Waals surface area (Å²) in [5.41, 5.74) is 4.54. The lowest BCUT2D eigenvalue weighted by Crippen LogP contribution is -2.49. The summed E-state index contributed by atoms with van der Waals surface area (Å²) in [6.07, 6.45) is -3.61. The van der Waals surface area contributed by atoms with Gasteiger partial charge in [0.05, 0.1) is 6.54 Å². The molecular weight excluding hydrogens is 419 g/mol. The summed E-state index contributed by atoms with van der Waals surface area (Å²) in [7, 11) is 0. The summed E-state index contributed by atoms with van der Waals surface area (Å²) in [4.78, 5) is 25.0. The van der Waals surface area contributed by atoms with Gasteiger partial charge in [-0.1, -0.05) is 15.9 Å². The number of alkyl halides is 3. The minimum absolute atomic E-state index is 0.193. The number of hydrogen-bond donors (Lipinski definition) is 2. The maximum Gasteiger partial charge on any atom is 0.401 e. The fraction of sp³-hybridized carbons (Fsp3) is 0.500. The molecule has 10 heteroatoms. The number of ether oxygens (including phenoxy) is 1. The number of hydrogen-bond acceptors (Lipinski definition) is 4. The van der Waals surface area contributed by atoms with Crippen molar-refractivity contribution >= 4 is 27.7 Å². The van der Waals surface area contributed by atoms with E-state index in [1.807, 2.05) is 0 Å². The van der Waals surface area contributed by atoms with Gasteiger partial charge in [-0.25, -0.2) is 0 Å². The zero-order chi connectivity index (χ0) is 19.2. The van der Waals surface area contributed by atoms with E-state index in [0.29, 0.717) is 18.6 Å². The highest BCUT2D eigenvalue weighted by Gasteiger charge is 2.33. The van der Waals surface area contributed by atoms with E-state index in [0.717, 1.165) is 4.47 Å². The van der Waals surface area contributed by atoms with Gasteiger partial charge in [0, 0.05) is 10.4 Å². The molecule has 1 aromatic rings. The van der Waals surface area contributed by atoms with E-state index in [1.165, 1.54) is 4.90 Å². The number of carbonyl (C=O) groups excluding carboxylic acids is 2. The molecule has 26 heavy (non-hydrogen) atoms. The second kappa shape index (κ2) is 9.22. The van der Waals surface area contributed by atoms with Crippen LogP contribution in [0.5, 0.6) is 5.75 Å². The lowest BCUT2D eigenvalue weighted by Gasteiger charge is -2.31. The molecule has 0 aliphatic carbocycles. The zero-order valence-corrected chi connectivity index (χ0v) is 15.4. The van der Waals surface area contributed by atoms with Crippen LogP contribution in [0.3, 0.4) is 0 Å². The van der Waals surface area contributed by atoms with Crippen molar-refractivity contribution in [3.63, 3.8) is 0 Å². The first-order chi connectivity index (χ1) is 12.2. The summed E-state index contributed by atoms with van der Waals surface area (Å²) >= 11 is 3.28. The van der Waals surface area contributed by atoms with Gasteiger partial charge >= 0.3 is 6.18 Å². The number of hydrazine groups is 1. The standard InChI is InChI=1S/C16H19BrF3N3O3/c17-12-1-3-13(4-2-12)26-9-14(24)21-22-15(25)11-5-7-23(8-6-11)10-16(18,19)20/h1-4,11H,5-10H2,(H,21,24)(H,22,25). The van der Waals surface area contributed by atoms with Gasteiger partial charge in [0.15, 0.2) is 6.61 Å². The normalized spacial score (nSPS) is 16.2. The lowest BCUT2D eigenvalue weighted by molar-refractivity contribution is -0.150. The third-order valence-electron chi connectivity index (χ3n) is 3.87. The molecule has 0 spiro atoms. The van der Waals surface area contributed by atoms with Gasteiger partial charge < -0.3 is 4.74 Å². The molecule has 1 fully saturated rings. The molecule has 2 amide bonds. The molecule has 0 saturated carbocycles. The van der Waals surface area contributed by atoms with Crippen LogP contribution in [0.15, 0.2) is 28.7 Å². The lowest BCUT2D eigenvalue weighted by atomic mass is 9.96. The highest BCUT2D eigenvalue weighted by Crippen LogP contribution is 2.22. The van der Waals surface area contributed by atoms with Crippen LogP contribution in [-0.2, 0) is 9.59 Å². The van der Waals surface area contributed by atoms with E-state index in [1.54, 1.807) is 24.3 Å². The number of nitrogens with one attached hydrogen (secondary N) is 2. The van der Waals surface area contributed by atoms with Crippen LogP contribution < -0.4 is 15.6 Å². The second-order valence-corrected chi connectivity index (χ2v) is 6.86. The summed E-state index contributed by atoms with van der Waals surface area (Å²) < 4.78 is 43.2. The number of nitrogens with zero attached hydrogens (tertiary/aromatic N) is 1. The average molecular weight is 438 g/mol.